The number of carbonyl (C=O) groups is 2. The number of rotatable bonds is 7. The van der Waals surface area contributed by atoms with Gasteiger partial charge in [0.2, 0.25) is 0 Å². The summed E-state index contributed by atoms with van der Waals surface area (Å²) in [5, 5.41) is 2.90. The topological polar surface area (TPSA) is 55.4 Å². The van der Waals surface area contributed by atoms with E-state index in [0.29, 0.717) is 16.9 Å². The van der Waals surface area contributed by atoms with E-state index in [2.05, 4.69) is 5.32 Å². The predicted molar refractivity (Wildman–Crippen MR) is 105 cm³/mol. The fourth-order valence-corrected chi connectivity index (χ4v) is 2.72. The van der Waals surface area contributed by atoms with Crippen LogP contribution in [-0.4, -0.2) is 18.3 Å². The Bertz CT molecular complexity index is 890. The molecule has 0 aliphatic rings. The van der Waals surface area contributed by atoms with Crippen LogP contribution in [0.5, 0.6) is 5.75 Å². The molecule has 1 atom stereocenters. The van der Waals surface area contributed by atoms with Crippen molar-refractivity contribution in [1.29, 1.82) is 0 Å². The van der Waals surface area contributed by atoms with E-state index in [-0.39, 0.29) is 24.3 Å². The number of benzene rings is 3. The quantitative estimate of drug-likeness (QED) is 0.644. The van der Waals surface area contributed by atoms with Gasteiger partial charge in [-0.2, -0.15) is 0 Å². The molecule has 1 unspecified atom stereocenters. The summed E-state index contributed by atoms with van der Waals surface area (Å²) in [6.45, 7) is 1.85. The van der Waals surface area contributed by atoms with Crippen LogP contribution in [0.25, 0.3) is 0 Å². The summed E-state index contributed by atoms with van der Waals surface area (Å²) < 4.78 is 5.52. The summed E-state index contributed by atoms with van der Waals surface area (Å²) in [6, 6.07) is 25.6. The maximum Gasteiger partial charge on any atom is 0.258 e. The third kappa shape index (κ3) is 5.05. The maximum atomic E-state index is 12.4. The van der Waals surface area contributed by atoms with Crippen LogP contribution in [0.3, 0.4) is 0 Å². The van der Waals surface area contributed by atoms with Crippen LogP contribution in [0.2, 0.25) is 0 Å². The van der Waals surface area contributed by atoms with Crippen molar-refractivity contribution < 1.29 is 14.3 Å². The number of hydrogen-bond donors (Lipinski definition) is 1. The molecule has 0 saturated heterocycles. The molecule has 0 fully saturated rings. The highest BCUT2D eigenvalue weighted by Crippen LogP contribution is 2.16. The second kappa shape index (κ2) is 8.81. The average Bonchev–Trinajstić information content (AvgIpc) is 2.73. The zero-order chi connectivity index (χ0) is 19.1. The van der Waals surface area contributed by atoms with Gasteiger partial charge in [0.1, 0.15) is 5.75 Å². The fourth-order valence-electron chi connectivity index (χ4n) is 2.72. The molecular formula is C23H21NO3. The summed E-state index contributed by atoms with van der Waals surface area (Å²) >= 11 is 0. The zero-order valence-corrected chi connectivity index (χ0v) is 15.1. The number of amides is 1. The first-order valence-electron chi connectivity index (χ1n) is 8.80. The van der Waals surface area contributed by atoms with Gasteiger partial charge in [-0.3, -0.25) is 9.59 Å². The van der Waals surface area contributed by atoms with Gasteiger partial charge in [-0.15, -0.1) is 0 Å². The Morgan fingerprint density at radius 1 is 0.815 bits per heavy atom. The van der Waals surface area contributed by atoms with Gasteiger partial charge in [0, 0.05) is 11.1 Å². The number of ketones is 1. The summed E-state index contributed by atoms with van der Waals surface area (Å²) in [6.07, 6.45) is 0. The summed E-state index contributed by atoms with van der Waals surface area (Å²) in [5.41, 5.74) is 2.26. The number of ether oxygens (including phenoxy) is 1. The van der Waals surface area contributed by atoms with Gasteiger partial charge in [0.25, 0.3) is 5.91 Å². The Hall–Kier alpha value is -3.40. The lowest BCUT2D eigenvalue weighted by Gasteiger charge is -2.14. The molecule has 0 saturated carbocycles. The van der Waals surface area contributed by atoms with Gasteiger partial charge >= 0.3 is 0 Å². The Morgan fingerprint density at radius 3 is 2.00 bits per heavy atom. The summed E-state index contributed by atoms with van der Waals surface area (Å²) in [5.74, 6) is 0.300. The fraction of sp³-hybridized carbons (Fsp3) is 0.130. The van der Waals surface area contributed by atoms with Crippen LogP contribution in [-0.2, 0) is 4.79 Å². The molecule has 4 nitrogen and oxygen atoms in total. The van der Waals surface area contributed by atoms with Crippen LogP contribution in [0.1, 0.15) is 34.5 Å². The second-order valence-electron chi connectivity index (χ2n) is 6.21. The van der Waals surface area contributed by atoms with Crippen LogP contribution < -0.4 is 10.1 Å². The number of nitrogens with one attached hydrogen (secondary N) is 1. The highest BCUT2D eigenvalue weighted by molar-refractivity contribution is 6.08. The molecule has 0 aromatic heterocycles. The van der Waals surface area contributed by atoms with Gasteiger partial charge < -0.3 is 10.1 Å². The molecule has 0 radical (unpaired) electrons. The predicted octanol–water partition coefficient (Wildman–Crippen LogP) is 4.17. The Kier molecular flexibility index (Phi) is 6.00. The number of carbonyl (C=O) groups excluding carboxylic acids is 2. The molecule has 27 heavy (non-hydrogen) atoms. The summed E-state index contributed by atoms with van der Waals surface area (Å²) in [4.78, 5) is 24.4. The van der Waals surface area contributed by atoms with Crippen molar-refractivity contribution in [2.45, 2.75) is 13.0 Å². The molecule has 0 heterocycles. The molecule has 4 heteroatoms. The third-order valence-electron chi connectivity index (χ3n) is 4.20. The molecule has 3 aromatic carbocycles. The van der Waals surface area contributed by atoms with E-state index in [0.717, 1.165) is 5.56 Å². The van der Waals surface area contributed by atoms with Gasteiger partial charge in [-0.25, -0.2) is 0 Å². The molecule has 1 amide bonds. The molecule has 0 aliphatic heterocycles. The van der Waals surface area contributed by atoms with Crippen LogP contribution in [0.4, 0.5) is 0 Å². The molecule has 0 aliphatic carbocycles. The van der Waals surface area contributed by atoms with E-state index in [1.807, 2.05) is 55.5 Å². The number of hydrogen-bond acceptors (Lipinski definition) is 3. The van der Waals surface area contributed by atoms with Crippen molar-refractivity contribution in [2.24, 2.45) is 0 Å². The highest BCUT2D eigenvalue weighted by Gasteiger charge is 2.11. The van der Waals surface area contributed by atoms with Crippen molar-refractivity contribution in [2.75, 3.05) is 6.61 Å². The second-order valence-corrected chi connectivity index (χ2v) is 6.21. The van der Waals surface area contributed by atoms with Crippen LogP contribution in [0.15, 0.2) is 84.9 Å². The van der Waals surface area contributed by atoms with E-state index >= 15 is 0 Å². The van der Waals surface area contributed by atoms with Gasteiger partial charge in [-0.05, 0) is 36.8 Å². The standard InChI is InChI=1S/C23H21NO3/c1-17(18-8-4-2-5-9-18)24-22(25)16-27-21-14-12-20(13-15-21)23(26)19-10-6-3-7-11-19/h2-15,17H,16H2,1H3,(H,24,25). The Labute approximate surface area is 158 Å². The largest absolute Gasteiger partial charge is 0.484 e. The van der Waals surface area contributed by atoms with Gasteiger partial charge in [0.05, 0.1) is 6.04 Å². The van der Waals surface area contributed by atoms with Crippen molar-refractivity contribution in [1.82, 2.24) is 5.32 Å². The van der Waals surface area contributed by atoms with Gasteiger partial charge in [0.15, 0.2) is 12.4 Å². The molecule has 0 spiro atoms. The molecule has 1 N–H and O–H groups in total. The first-order valence-corrected chi connectivity index (χ1v) is 8.80. The van der Waals surface area contributed by atoms with Crippen LogP contribution >= 0.6 is 0 Å². The first kappa shape index (κ1) is 18.4. The zero-order valence-electron chi connectivity index (χ0n) is 15.1. The normalized spacial score (nSPS) is 11.4. The minimum atomic E-state index is -0.198. The maximum absolute atomic E-state index is 12.4. The lowest BCUT2D eigenvalue weighted by atomic mass is 10.0. The lowest BCUT2D eigenvalue weighted by Crippen LogP contribution is -2.31. The minimum Gasteiger partial charge on any atom is -0.484 e. The van der Waals surface area contributed by atoms with E-state index in [1.165, 1.54) is 0 Å². The molecule has 3 rings (SSSR count). The summed E-state index contributed by atoms with van der Waals surface area (Å²) in [7, 11) is 0. The van der Waals surface area contributed by atoms with Crippen molar-refractivity contribution in [3.8, 4) is 5.75 Å². The van der Waals surface area contributed by atoms with Crippen molar-refractivity contribution >= 4 is 11.7 Å². The van der Waals surface area contributed by atoms with Crippen LogP contribution in [0, 0.1) is 0 Å². The first-order chi connectivity index (χ1) is 13.1. The van der Waals surface area contributed by atoms with Gasteiger partial charge in [-0.1, -0.05) is 60.7 Å². The molecule has 0 bridgehead atoms. The van der Waals surface area contributed by atoms with Crippen molar-refractivity contribution in [3.63, 3.8) is 0 Å². The van der Waals surface area contributed by atoms with E-state index in [1.54, 1.807) is 36.4 Å². The average molecular weight is 359 g/mol. The lowest BCUT2D eigenvalue weighted by molar-refractivity contribution is -0.123. The third-order valence-corrected chi connectivity index (χ3v) is 4.20. The highest BCUT2D eigenvalue weighted by atomic mass is 16.5. The van der Waals surface area contributed by atoms with E-state index < -0.39 is 0 Å². The molecular weight excluding hydrogens is 338 g/mol. The molecule has 3 aromatic rings. The Balaban J connectivity index is 1.53. The SMILES string of the molecule is CC(NC(=O)COc1ccc(C(=O)c2ccccc2)cc1)c1ccccc1. The van der Waals surface area contributed by atoms with E-state index in [9.17, 15) is 9.59 Å². The van der Waals surface area contributed by atoms with Crippen molar-refractivity contribution in [3.05, 3.63) is 102 Å². The van der Waals surface area contributed by atoms with E-state index in [4.69, 9.17) is 4.74 Å². The Morgan fingerprint density at radius 2 is 1.37 bits per heavy atom. The molecule has 136 valence electrons. The smallest absolute Gasteiger partial charge is 0.258 e. The minimum absolute atomic E-state index is 0.0448. The monoisotopic (exact) mass is 359 g/mol.